The summed E-state index contributed by atoms with van der Waals surface area (Å²) in [4.78, 5) is 16.5. The monoisotopic (exact) mass is 378 g/mol. The highest BCUT2D eigenvalue weighted by Crippen LogP contribution is 2.48. The molecule has 0 radical (unpaired) electrons. The normalized spacial score (nSPS) is 18.9. The van der Waals surface area contributed by atoms with Gasteiger partial charge >= 0.3 is 0 Å². The van der Waals surface area contributed by atoms with Crippen LogP contribution in [-0.4, -0.2) is 21.1 Å². The Labute approximate surface area is 162 Å². The van der Waals surface area contributed by atoms with Gasteiger partial charge in [0.25, 0.3) is 0 Å². The number of rotatable bonds is 4. The minimum Gasteiger partial charge on any atom is -0.300 e. The van der Waals surface area contributed by atoms with Crippen molar-refractivity contribution < 1.29 is 4.79 Å². The molecule has 1 amide bonds. The molecular weight excluding hydrogens is 356 g/mol. The van der Waals surface area contributed by atoms with Gasteiger partial charge in [0.15, 0.2) is 0 Å². The summed E-state index contributed by atoms with van der Waals surface area (Å²) in [6.07, 6.45) is 4.32. The Balaban J connectivity index is 1.39. The first kappa shape index (κ1) is 17.8. The van der Waals surface area contributed by atoms with E-state index in [1.165, 1.54) is 22.5 Å². The first-order valence-corrected chi connectivity index (χ1v) is 9.89. The Morgan fingerprint density at radius 2 is 1.78 bits per heavy atom. The molecule has 0 unspecified atom stereocenters. The SMILES string of the molecule is CC(C)(C)c1ccc([C@@H]2C[C@@H]2C(=O)Nc2nnc(-c3ccncc3)s2)cc1. The Morgan fingerprint density at radius 3 is 2.44 bits per heavy atom. The summed E-state index contributed by atoms with van der Waals surface area (Å²) in [6, 6.07) is 12.4. The zero-order valence-corrected chi connectivity index (χ0v) is 16.5. The molecule has 138 valence electrons. The topological polar surface area (TPSA) is 67.8 Å². The Bertz CT molecular complexity index is 944. The zero-order valence-electron chi connectivity index (χ0n) is 15.6. The van der Waals surface area contributed by atoms with Gasteiger partial charge in [-0.3, -0.25) is 9.78 Å². The van der Waals surface area contributed by atoms with Gasteiger partial charge in [0.05, 0.1) is 0 Å². The maximum absolute atomic E-state index is 12.5. The number of carbonyl (C=O) groups excluding carboxylic acids is 1. The highest BCUT2D eigenvalue weighted by molar-refractivity contribution is 7.18. The fraction of sp³-hybridized carbons (Fsp3) is 0.333. The largest absolute Gasteiger partial charge is 0.300 e. The Morgan fingerprint density at radius 1 is 1.07 bits per heavy atom. The second kappa shape index (κ2) is 6.85. The van der Waals surface area contributed by atoms with E-state index in [9.17, 15) is 4.79 Å². The number of anilines is 1. The van der Waals surface area contributed by atoms with E-state index in [4.69, 9.17) is 0 Å². The molecule has 1 saturated carbocycles. The first-order chi connectivity index (χ1) is 12.9. The molecule has 0 saturated heterocycles. The standard InChI is InChI=1S/C21H22N4OS/c1-21(2,3)15-6-4-13(5-7-15)16-12-17(16)18(26)23-20-25-24-19(27-20)14-8-10-22-11-9-14/h4-11,16-17H,12H2,1-3H3,(H,23,25,26)/t16-,17-/m0/s1. The van der Waals surface area contributed by atoms with Crippen LogP contribution in [0, 0.1) is 5.92 Å². The van der Waals surface area contributed by atoms with E-state index in [1.54, 1.807) is 12.4 Å². The van der Waals surface area contributed by atoms with Crippen molar-refractivity contribution in [1.29, 1.82) is 0 Å². The van der Waals surface area contributed by atoms with Gasteiger partial charge in [0.1, 0.15) is 5.01 Å². The van der Waals surface area contributed by atoms with E-state index < -0.39 is 0 Å². The molecule has 2 aromatic heterocycles. The van der Waals surface area contributed by atoms with Crippen LogP contribution in [0.1, 0.15) is 44.2 Å². The van der Waals surface area contributed by atoms with Crippen LogP contribution in [0.5, 0.6) is 0 Å². The third-order valence-corrected chi connectivity index (χ3v) is 5.80. The molecule has 27 heavy (non-hydrogen) atoms. The quantitative estimate of drug-likeness (QED) is 0.718. The molecular formula is C21H22N4OS. The molecule has 3 aromatic rings. The number of nitrogens with zero attached hydrogens (tertiary/aromatic N) is 3. The fourth-order valence-electron chi connectivity index (χ4n) is 3.17. The van der Waals surface area contributed by atoms with Crippen LogP contribution in [0.2, 0.25) is 0 Å². The molecule has 1 fully saturated rings. The molecule has 1 aliphatic rings. The lowest BCUT2D eigenvalue weighted by molar-refractivity contribution is -0.117. The minimum atomic E-state index is 0.0127. The van der Waals surface area contributed by atoms with Gasteiger partial charge in [0.2, 0.25) is 11.0 Å². The summed E-state index contributed by atoms with van der Waals surface area (Å²) < 4.78 is 0. The number of amides is 1. The highest BCUT2D eigenvalue weighted by Gasteiger charge is 2.44. The number of nitrogens with one attached hydrogen (secondary N) is 1. The minimum absolute atomic E-state index is 0.0127. The molecule has 1 aromatic carbocycles. The molecule has 1 N–H and O–H groups in total. The van der Waals surface area contributed by atoms with Crippen molar-refractivity contribution in [3.8, 4) is 10.6 Å². The summed E-state index contributed by atoms with van der Waals surface area (Å²) in [5.41, 5.74) is 3.64. The maximum atomic E-state index is 12.5. The number of hydrogen-bond donors (Lipinski definition) is 1. The van der Waals surface area contributed by atoms with Crippen LogP contribution < -0.4 is 5.32 Å². The van der Waals surface area contributed by atoms with Gasteiger partial charge in [-0.1, -0.05) is 56.4 Å². The fourth-order valence-corrected chi connectivity index (χ4v) is 3.92. The molecule has 5 nitrogen and oxygen atoms in total. The van der Waals surface area contributed by atoms with Crippen molar-refractivity contribution in [2.75, 3.05) is 5.32 Å². The van der Waals surface area contributed by atoms with Crippen LogP contribution in [-0.2, 0) is 10.2 Å². The van der Waals surface area contributed by atoms with E-state index in [0.717, 1.165) is 17.0 Å². The number of aromatic nitrogens is 3. The zero-order chi connectivity index (χ0) is 19.0. The van der Waals surface area contributed by atoms with E-state index >= 15 is 0 Å². The molecule has 6 heteroatoms. The van der Waals surface area contributed by atoms with Crippen molar-refractivity contribution in [3.05, 3.63) is 59.9 Å². The first-order valence-electron chi connectivity index (χ1n) is 9.07. The van der Waals surface area contributed by atoms with Gasteiger partial charge < -0.3 is 5.32 Å². The summed E-state index contributed by atoms with van der Waals surface area (Å²) in [7, 11) is 0. The van der Waals surface area contributed by atoms with Gasteiger partial charge in [-0.2, -0.15) is 0 Å². The summed E-state index contributed by atoms with van der Waals surface area (Å²) in [5.74, 6) is 0.336. The molecule has 0 spiro atoms. The van der Waals surface area contributed by atoms with E-state index in [2.05, 4.69) is 65.5 Å². The van der Waals surface area contributed by atoms with Crippen LogP contribution in [0.15, 0.2) is 48.8 Å². The maximum Gasteiger partial charge on any atom is 0.229 e. The second-order valence-corrected chi connectivity index (χ2v) is 8.94. The Kier molecular flexibility index (Phi) is 4.52. The van der Waals surface area contributed by atoms with Crippen LogP contribution >= 0.6 is 11.3 Å². The average Bonchev–Trinajstić information content (AvgIpc) is 3.34. The number of hydrogen-bond acceptors (Lipinski definition) is 5. The summed E-state index contributed by atoms with van der Waals surface area (Å²) >= 11 is 1.38. The van der Waals surface area contributed by atoms with Crippen molar-refractivity contribution in [1.82, 2.24) is 15.2 Å². The van der Waals surface area contributed by atoms with Gasteiger partial charge in [-0.25, -0.2) is 0 Å². The molecule has 4 rings (SSSR count). The van der Waals surface area contributed by atoms with Crippen molar-refractivity contribution >= 4 is 22.4 Å². The predicted octanol–water partition coefficient (Wildman–Crippen LogP) is 4.64. The highest BCUT2D eigenvalue weighted by atomic mass is 32.1. The molecule has 0 bridgehead atoms. The van der Waals surface area contributed by atoms with Crippen LogP contribution in [0.4, 0.5) is 5.13 Å². The van der Waals surface area contributed by atoms with E-state index in [-0.39, 0.29) is 17.2 Å². The summed E-state index contributed by atoms with van der Waals surface area (Å²) in [5, 5.41) is 12.5. The van der Waals surface area contributed by atoms with Gasteiger partial charge in [0, 0.05) is 23.9 Å². The van der Waals surface area contributed by atoms with E-state index in [0.29, 0.717) is 11.0 Å². The molecule has 0 aliphatic heterocycles. The van der Waals surface area contributed by atoms with Gasteiger partial charge in [-0.15, -0.1) is 10.2 Å². The molecule has 1 aliphatic carbocycles. The van der Waals surface area contributed by atoms with Crippen LogP contribution in [0.3, 0.4) is 0 Å². The third kappa shape index (κ3) is 3.90. The smallest absolute Gasteiger partial charge is 0.229 e. The van der Waals surface area contributed by atoms with Crippen molar-refractivity contribution in [3.63, 3.8) is 0 Å². The lowest BCUT2D eigenvalue weighted by Crippen LogP contribution is -2.14. The average molecular weight is 379 g/mol. The van der Waals surface area contributed by atoms with Crippen molar-refractivity contribution in [2.24, 2.45) is 5.92 Å². The Hall–Kier alpha value is -2.60. The summed E-state index contributed by atoms with van der Waals surface area (Å²) in [6.45, 7) is 6.62. The van der Waals surface area contributed by atoms with E-state index in [1.807, 2.05) is 12.1 Å². The number of benzene rings is 1. The van der Waals surface area contributed by atoms with Crippen molar-refractivity contribution in [2.45, 2.75) is 38.5 Å². The van der Waals surface area contributed by atoms with Crippen LogP contribution in [0.25, 0.3) is 10.6 Å². The third-order valence-electron chi connectivity index (χ3n) is 4.91. The lowest BCUT2D eigenvalue weighted by Gasteiger charge is -2.19. The van der Waals surface area contributed by atoms with Gasteiger partial charge in [-0.05, 0) is 41.0 Å². The predicted molar refractivity (Wildman–Crippen MR) is 108 cm³/mol. The number of pyridine rings is 1. The molecule has 2 heterocycles. The lowest BCUT2D eigenvalue weighted by atomic mass is 9.86. The molecule has 2 atom stereocenters. The second-order valence-electron chi connectivity index (χ2n) is 7.96. The number of carbonyl (C=O) groups is 1.